The molecule has 0 radical (unpaired) electrons. The average molecular weight is 376 g/mol. The summed E-state index contributed by atoms with van der Waals surface area (Å²) >= 11 is 0. The molecule has 1 atom stereocenters. The molecule has 1 aromatic carbocycles. The van der Waals surface area contributed by atoms with Crippen LogP contribution in [-0.2, 0) is 6.18 Å². The second-order valence-electron chi connectivity index (χ2n) is 6.10. The van der Waals surface area contributed by atoms with Gasteiger partial charge in [-0.25, -0.2) is 4.98 Å². The summed E-state index contributed by atoms with van der Waals surface area (Å²) in [5.74, 6) is -0.287. The van der Waals surface area contributed by atoms with Gasteiger partial charge in [-0.1, -0.05) is 24.3 Å². The van der Waals surface area contributed by atoms with E-state index in [2.05, 4.69) is 20.6 Å². The quantitative estimate of drug-likeness (QED) is 0.478. The highest BCUT2D eigenvalue weighted by Crippen LogP contribution is 2.35. The molecule has 0 aliphatic heterocycles. The number of rotatable bonds is 4. The first kappa shape index (κ1) is 18.6. The lowest BCUT2D eigenvalue weighted by atomic mass is 10.2. The van der Waals surface area contributed by atoms with Crippen LogP contribution >= 0.6 is 0 Å². The Balaban J connectivity index is 1.89. The minimum absolute atomic E-state index is 0.0683. The Bertz CT molecular complexity index is 876. The van der Waals surface area contributed by atoms with E-state index in [9.17, 15) is 13.2 Å². The monoisotopic (exact) mass is 376 g/mol. The number of aromatic nitrogens is 2. The van der Waals surface area contributed by atoms with Crippen molar-refractivity contribution in [2.45, 2.75) is 25.1 Å². The van der Waals surface area contributed by atoms with E-state index < -0.39 is 11.7 Å². The van der Waals surface area contributed by atoms with Gasteiger partial charge < -0.3 is 22.1 Å². The SMILES string of the molecule is NC1=CCC=CC(Nc2ncc(C(F)(F)F)c(Nc3cccc(N)c3)n2)C1. The lowest BCUT2D eigenvalue weighted by molar-refractivity contribution is -0.137. The fourth-order valence-corrected chi connectivity index (χ4v) is 2.64. The van der Waals surface area contributed by atoms with Crippen LogP contribution in [0.4, 0.5) is 36.3 Å². The number of allylic oxidation sites excluding steroid dienone is 2. The topological polar surface area (TPSA) is 102 Å². The van der Waals surface area contributed by atoms with E-state index in [1.807, 2.05) is 18.2 Å². The number of hydrogen-bond acceptors (Lipinski definition) is 6. The van der Waals surface area contributed by atoms with Crippen molar-refractivity contribution in [3.8, 4) is 0 Å². The standard InChI is InChI=1S/C18H19F3N6/c19-18(20,21)15-10-24-17(26-14-6-2-1-4-11(22)9-14)27-16(15)25-13-7-3-5-12(23)8-13/h2-8,10,14H,1,9,22-23H2,(H2,24,25,26,27). The normalized spacial score (nSPS) is 17.1. The van der Waals surface area contributed by atoms with Gasteiger partial charge in [0.05, 0.1) is 6.04 Å². The molecule has 1 aliphatic carbocycles. The van der Waals surface area contributed by atoms with Gasteiger partial charge in [0.2, 0.25) is 5.95 Å². The van der Waals surface area contributed by atoms with Crippen molar-refractivity contribution in [2.75, 3.05) is 16.4 Å². The zero-order valence-corrected chi connectivity index (χ0v) is 14.3. The van der Waals surface area contributed by atoms with E-state index >= 15 is 0 Å². The van der Waals surface area contributed by atoms with Gasteiger partial charge in [0, 0.05) is 29.7 Å². The number of nitrogen functional groups attached to an aromatic ring is 1. The van der Waals surface area contributed by atoms with Crippen LogP contribution in [0, 0.1) is 0 Å². The number of hydrogen-bond donors (Lipinski definition) is 4. The Morgan fingerprint density at radius 3 is 2.74 bits per heavy atom. The molecular weight excluding hydrogens is 357 g/mol. The lowest BCUT2D eigenvalue weighted by Crippen LogP contribution is -2.21. The molecule has 1 unspecified atom stereocenters. The van der Waals surface area contributed by atoms with Crippen molar-refractivity contribution in [1.29, 1.82) is 0 Å². The zero-order valence-electron chi connectivity index (χ0n) is 14.3. The molecule has 6 N–H and O–H groups in total. The molecular formula is C18H19F3N6. The van der Waals surface area contributed by atoms with Crippen LogP contribution in [0.25, 0.3) is 0 Å². The number of anilines is 4. The molecule has 0 saturated heterocycles. The maximum absolute atomic E-state index is 13.3. The summed E-state index contributed by atoms with van der Waals surface area (Å²) in [6, 6.07) is 6.19. The first-order valence-corrected chi connectivity index (χ1v) is 8.26. The highest BCUT2D eigenvalue weighted by atomic mass is 19.4. The molecule has 1 aliphatic rings. The Morgan fingerprint density at radius 1 is 1.19 bits per heavy atom. The second kappa shape index (κ2) is 7.56. The van der Waals surface area contributed by atoms with Gasteiger partial charge in [-0.2, -0.15) is 18.2 Å². The number of nitrogens with zero attached hydrogens (tertiary/aromatic N) is 2. The predicted molar refractivity (Wildman–Crippen MR) is 99.2 cm³/mol. The Kier molecular flexibility index (Phi) is 5.20. The summed E-state index contributed by atoms with van der Waals surface area (Å²) in [6.45, 7) is 0. The molecule has 9 heteroatoms. The van der Waals surface area contributed by atoms with Crippen molar-refractivity contribution in [3.05, 3.63) is 60.0 Å². The number of halogens is 3. The summed E-state index contributed by atoms with van der Waals surface area (Å²) in [5, 5.41) is 5.68. The molecule has 1 aromatic heterocycles. The van der Waals surface area contributed by atoms with Crippen molar-refractivity contribution in [1.82, 2.24) is 9.97 Å². The van der Waals surface area contributed by atoms with E-state index in [1.165, 1.54) is 6.07 Å². The molecule has 142 valence electrons. The molecule has 0 fully saturated rings. The van der Waals surface area contributed by atoms with Crippen LogP contribution in [0.3, 0.4) is 0 Å². The van der Waals surface area contributed by atoms with E-state index in [1.54, 1.807) is 18.2 Å². The van der Waals surface area contributed by atoms with Crippen molar-refractivity contribution in [3.63, 3.8) is 0 Å². The van der Waals surface area contributed by atoms with E-state index in [-0.39, 0.29) is 17.8 Å². The van der Waals surface area contributed by atoms with Crippen molar-refractivity contribution in [2.24, 2.45) is 5.73 Å². The zero-order chi connectivity index (χ0) is 19.4. The fraction of sp³-hybridized carbons (Fsp3) is 0.222. The smallest absolute Gasteiger partial charge is 0.402 e. The maximum atomic E-state index is 13.3. The van der Waals surface area contributed by atoms with Gasteiger partial charge in [0.15, 0.2) is 0 Å². The van der Waals surface area contributed by atoms with Gasteiger partial charge in [-0.15, -0.1) is 0 Å². The van der Waals surface area contributed by atoms with Crippen LogP contribution in [0.15, 0.2) is 54.4 Å². The predicted octanol–water partition coefficient (Wildman–Crippen LogP) is 3.79. The fourth-order valence-electron chi connectivity index (χ4n) is 2.64. The highest BCUT2D eigenvalue weighted by Gasteiger charge is 2.35. The second-order valence-corrected chi connectivity index (χ2v) is 6.10. The molecule has 2 aromatic rings. The number of benzene rings is 1. The van der Waals surface area contributed by atoms with Gasteiger partial charge in [0.1, 0.15) is 11.4 Å². The lowest BCUT2D eigenvalue weighted by Gasteiger charge is -2.18. The third-order valence-electron chi connectivity index (χ3n) is 3.90. The Morgan fingerprint density at radius 2 is 2.00 bits per heavy atom. The largest absolute Gasteiger partial charge is 0.421 e. The first-order valence-electron chi connectivity index (χ1n) is 8.26. The maximum Gasteiger partial charge on any atom is 0.421 e. The van der Waals surface area contributed by atoms with Crippen LogP contribution < -0.4 is 22.1 Å². The third-order valence-corrected chi connectivity index (χ3v) is 3.90. The van der Waals surface area contributed by atoms with E-state index in [0.29, 0.717) is 29.9 Å². The number of nitrogens with two attached hydrogens (primary N) is 2. The first-order chi connectivity index (χ1) is 12.8. The third kappa shape index (κ3) is 4.90. The summed E-state index contributed by atoms with van der Waals surface area (Å²) < 4.78 is 40.0. The summed E-state index contributed by atoms with van der Waals surface area (Å²) in [5.41, 5.74) is 12.1. The van der Waals surface area contributed by atoms with Crippen LogP contribution in [0.5, 0.6) is 0 Å². The van der Waals surface area contributed by atoms with Crippen molar-refractivity contribution < 1.29 is 13.2 Å². The molecule has 1 heterocycles. The number of alkyl halides is 3. The van der Waals surface area contributed by atoms with Gasteiger partial charge in [-0.05, 0) is 24.6 Å². The van der Waals surface area contributed by atoms with Crippen molar-refractivity contribution >= 4 is 23.1 Å². The molecule has 3 rings (SSSR count). The van der Waals surface area contributed by atoms with E-state index in [4.69, 9.17) is 11.5 Å². The molecule has 6 nitrogen and oxygen atoms in total. The van der Waals surface area contributed by atoms with Gasteiger partial charge >= 0.3 is 6.18 Å². The van der Waals surface area contributed by atoms with Crippen LogP contribution in [0.1, 0.15) is 18.4 Å². The van der Waals surface area contributed by atoms with Gasteiger partial charge in [0.25, 0.3) is 0 Å². The van der Waals surface area contributed by atoms with Gasteiger partial charge in [-0.3, -0.25) is 0 Å². The molecule has 27 heavy (non-hydrogen) atoms. The number of nitrogens with one attached hydrogen (secondary N) is 2. The van der Waals surface area contributed by atoms with E-state index in [0.717, 1.165) is 6.20 Å². The minimum Gasteiger partial charge on any atom is -0.402 e. The van der Waals surface area contributed by atoms with Crippen LogP contribution in [-0.4, -0.2) is 16.0 Å². The molecule has 0 amide bonds. The van der Waals surface area contributed by atoms with Crippen LogP contribution in [0.2, 0.25) is 0 Å². The summed E-state index contributed by atoms with van der Waals surface area (Å²) in [7, 11) is 0. The Hall–Kier alpha value is -3.23. The Labute approximate surface area is 154 Å². The minimum atomic E-state index is -4.60. The highest BCUT2D eigenvalue weighted by molar-refractivity contribution is 5.64. The summed E-state index contributed by atoms with van der Waals surface area (Å²) in [4.78, 5) is 7.84. The average Bonchev–Trinajstić information content (AvgIpc) is 2.78. The molecule has 0 spiro atoms. The molecule has 0 bridgehead atoms. The molecule has 0 saturated carbocycles. The summed E-state index contributed by atoms with van der Waals surface area (Å²) in [6.07, 6.45) is 3.08.